The molecule has 1 atom stereocenters. The van der Waals surface area contributed by atoms with E-state index in [-0.39, 0.29) is 11.5 Å². The van der Waals surface area contributed by atoms with E-state index >= 15 is 0 Å². The highest BCUT2D eigenvalue weighted by atomic mass is 16.5. The van der Waals surface area contributed by atoms with E-state index in [1.54, 1.807) is 7.11 Å². The number of carbonyl (C=O) groups is 1. The van der Waals surface area contributed by atoms with Crippen molar-refractivity contribution in [2.75, 3.05) is 60.0 Å². The van der Waals surface area contributed by atoms with Crippen LogP contribution in [0.15, 0.2) is 24.3 Å². The van der Waals surface area contributed by atoms with Gasteiger partial charge in [-0.25, -0.2) is 0 Å². The van der Waals surface area contributed by atoms with Gasteiger partial charge in [0.25, 0.3) is 0 Å². The Hall–Kier alpha value is -1.63. The molecule has 0 bridgehead atoms. The Morgan fingerprint density at radius 1 is 1.18 bits per heavy atom. The highest BCUT2D eigenvalue weighted by molar-refractivity contribution is 5.79. The van der Waals surface area contributed by atoms with Crippen LogP contribution < -0.4 is 4.74 Å². The van der Waals surface area contributed by atoms with Gasteiger partial charge in [0.05, 0.1) is 25.7 Å². The lowest BCUT2D eigenvalue weighted by atomic mass is 9.86. The highest BCUT2D eigenvalue weighted by Gasteiger charge is 2.45. The van der Waals surface area contributed by atoms with Gasteiger partial charge >= 0.3 is 0 Å². The van der Waals surface area contributed by atoms with Crippen LogP contribution in [0.4, 0.5) is 0 Å². The van der Waals surface area contributed by atoms with E-state index in [9.17, 15) is 4.79 Å². The number of amides is 1. The third kappa shape index (κ3) is 4.34. The SMILES string of the molecule is COc1cccc(CC(=O)N2CCC3(CC2)C[C@@H](N2CCN(C)CC2)CO3)c1. The maximum Gasteiger partial charge on any atom is 0.226 e. The largest absolute Gasteiger partial charge is 0.497 e. The van der Waals surface area contributed by atoms with Gasteiger partial charge in [0, 0.05) is 45.3 Å². The minimum absolute atomic E-state index is 0.0131. The summed E-state index contributed by atoms with van der Waals surface area (Å²) in [5.74, 6) is 1.01. The van der Waals surface area contributed by atoms with Crippen LogP contribution in [0.5, 0.6) is 5.75 Å². The summed E-state index contributed by atoms with van der Waals surface area (Å²) in [6.07, 6.45) is 3.48. The van der Waals surface area contributed by atoms with E-state index in [4.69, 9.17) is 9.47 Å². The van der Waals surface area contributed by atoms with Gasteiger partial charge in [0.15, 0.2) is 0 Å². The number of methoxy groups -OCH3 is 1. The Labute approximate surface area is 168 Å². The average Bonchev–Trinajstić information content (AvgIpc) is 3.12. The van der Waals surface area contributed by atoms with E-state index in [0.29, 0.717) is 12.5 Å². The molecule has 1 aromatic carbocycles. The number of carbonyl (C=O) groups excluding carboxylic acids is 1. The Kier molecular flexibility index (Phi) is 5.90. The summed E-state index contributed by atoms with van der Waals surface area (Å²) >= 11 is 0. The predicted octanol–water partition coefficient (Wildman–Crippen LogP) is 1.64. The molecule has 6 nitrogen and oxygen atoms in total. The molecular weight excluding hydrogens is 354 g/mol. The van der Waals surface area contributed by atoms with Crippen molar-refractivity contribution in [3.05, 3.63) is 29.8 Å². The Morgan fingerprint density at radius 3 is 2.64 bits per heavy atom. The van der Waals surface area contributed by atoms with Crippen molar-refractivity contribution in [2.24, 2.45) is 0 Å². The topological polar surface area (TPSA) is 45.2 Å². The number of benzene rings is 1. The molecule has 3 saturated heterocycles. The molecule has 4 rings (SSSR count). The summed E-state index contributed by atoms with van der Waals surface area (Å²) in [6, 6.07) is 8.34. The molecule has 1 aromatic rings. The zero-order valence-electron chi connectivity index (χ0n) is 17.2. The standard InChI is InChI=1S/C22H33N3O3/c1-23-10-12-24(13-11-23)19-16-22(28-17-19)6-8-25(9-7-22)21(26)15-18-4-3-5-20(14-18)27-2/h3-5,14,19H,6-13,15-17H2,1-2H3/t19-/m1/s1. The number of hydrogen-bond acceptors (Lipinski definition) is 5. The number of ether oxygens (including phenoxy) is 2. The van der Waals surface area contributed by atoms with Gasteiger partial charge in [-0.05, 0) is 44.0 Å². The van der Waals surface area contributed by atoms with E-state index in [1.807, 2.05) is 29.2 Å². The molecule has 6 heteroatoms. The predicted molar refractivity (Wildman–Crippen MR) is 109 cm³/mol. The van der Waals surface area contributed by atoms with Gasteiger partial charge in [-0.15, -0.1) is 0 Å². The highest BCUT2D eigenvalue weighted by Crippen LogP contribution is 2.38. The third-order valence-electron chi connectivity index (χ3n) is 6.76. The van der Waals surface area contributed by atoms with Crippen molar-refractivity contribution in [1.82, 2.24) is 14.7 Å². The van der Waals surface area contributed by atoms with Crippen molar-refractivity contribution >= 4 is 5.91 Å². The molecule has 0 radical (unpaired) electrons. The second-order valence-corrected chi connectivity index (χ2v) is 8.60. The van der Waals surface area contributed by atoms with Crippen LogP contribution in [-0.2, 0) is 16.0 Å². The molecular formula is C22H33N3O3. The first kappa shape index (κ1) is 19.7. The molecule has 0 aliphatic carbocycles. The zero-order valence-corrected chi connectivity index (χ0v) is 17.2. The second kappa shape index (κ2) is 8.39. The van der Waals surface area contributed by atoms with Crippen molar-refractivity contribution in [2.45, 2.75) is 37.3 Å². The Balaban J connectivity index is 1.28. The van der Waals surface area contributed by atoms with Gasteiger partial charge in [0.2, 0.25) is 5.91 Å². The summed E-state index contributed by atoms with van der Waals surface area (Å²) in [5.41, 5.74) is 0.998. The quantitative estimate of drug-likeness (QED) is 0.786. The second-order valence-electron chi connectivity index (χ2n) is 8.60. The van der Waals surface area contributed by atoms with Crippen molar-refractivity contribution in [3.63, 3.8) is 0 Å². The molecule has 1 spiro atoms. The third-order valence-corrected chi connectivity index (χ3v) is 6.76. The summed E-state index contributed by atoms with van der Waals surface area (Å²) in [7, 11) is 3.85. The maximum atomic E-state index is 12.7. The first-order chi connectivity index (χ1) is 13.6. The van der Waals surface area contributed by atoms with Crippen LogP contribution in [0.3, 0.4) is 0 Å². The first-order valence-electron chi connectivity index (χ1n) is 10.5. The Morgan fingerprint density at radius 2 is 1.93 bits per heavy atom. The van der Waals surface area contributed by atoms with Crippen LogP contribution >= 0.6 is 0 Å². The van der Waals surface area contributed by atoms with Gasteiger partial charge in [-0.1, -0.05) is 12.1 Å². The number of rotatable bonds is 4. The number of piperidine rings is 1. The molecule has 0 saturated carbocycles. The first-order valence-corrected chi connectivity index (χ1v) is 10.5. The van der Waals surface area contributed by atoms with Crippen LogP contribution in [0, 0.1) is 0 Å². The van der Waals surface area contributed by atoms with Crippen molar-refractivity contribution in [3.8, 4) is 5.75 Å². The maximum absolute atomic E-state index is 12.7. The molecule has 0 N–H and O–H groups in total. The molecule has 0 unspecified atom stereocenters. The van der Waals surface area contributed by atoms with Gasteiger partial charge < -0.3 is 19.3 Å². The van der Waals surface area contributed by atoms with Gasteiger partial charge in [-0.3, -0.25) is 9.69 Å². The van der Waals surface area contributed by atoms with E-state index < -0.39 is 0 Å². The van der Waals surface area contributed by atoms with Crippen molar-refractivity contribution < 1.29 is 14.3 Å². The minimum atomic E-state index is -0.0131. The molecule has 3 fully saturated rings. The fourth-order valence-corrected chi connectivity index (χ4v) is 4.82. The molecule has 1 amide bonds. The van der Waals surface area contributed by atoms with Crippen LogP contribution in [0.25, 0.3) is 0 Å². The van der Waals surface area contributed by atoms with Gasteiger partial charge in [-0.2, -0.15) is 0 Å². The molecule has 154 valence electrons. The molecule has 3 heterocycles. The summed E-state index contributed by atoms with van der Waals surface area (Å²) < 4.78 is 11.6. The fourth-order valence-electron chi connectivity index (χ4n) is 4.82. The van der Waals surface area contributed by atoms with E-state index in [1.165, 1.54) is 0 Å². The van der Waals surface area contributed by atoms with E-state index in [2.05, 4.69) is 16.8 Å². The Bertz CT molecular complexity index is 679. The normalized spacial score (nSPS) is 25.9. The smallest absolute Gasteiger partial charge is 0.226 e. The number of hydrogen-bond donors (Lipinski definition) is 0. The summed E-state index contributed by atoms with van der Waals surface area (Å²) in [6.45, 7) is 7.04. The monoisotopic (exact) mass is 387 g/mol. The number of piperazine rings is 1. The summed E-state index contributed by atoms with van der Waals surface area (Å²) in [4.78, 5) is 19.8. The number of likely N-dealkylation sites (N-methyl/N-ethyl adjacent to an activating group) is 1. The minimum Gasteiger partial charge on any atom is -0.497 e. The van der Waals surface area contributed by atoms with Crippen LogP contribution in [-0.4, -0.2) is 92.3 Å². The summed E-state index contributed by atoms with van der Waals surface area (Å²) in [5, 5.41) is 0. The number of nitrogens with zero attached hydrogens (tertiary/aromatic N) is 3. The lowest BCUT2D eigenvalue weighted by Crippen LogP contribution is -2.50. The van der Waals surface area contributed by atoms with Crippen molar-refractivity contribution in [1.29, 1.82) is 0 Å². The van der Waals surface area contributed by atoms with E-state index in [0.717, 1.165) is 76.5 Å². The molecule has 3 aliphatic rings. The molecule has 0 aromatic heterocycles. The fraction of sp³-hybridized carbons (Fsp3) is 0.682. The lowest BCUT2D eigenvalue weighted by Gasteiger charge is -2.40. The number of likely N-dealkylation sites (tertiary alicyclic amines) is 1. The molecule has 28 heavy (non-hydrogen) atoms. The van der Waals surface area contributed by atoms with Crippen LogP contribution in [0.2, 0.25) is 0 Å². The van der Waals surface area contributed by atoms with Crippen LogP contribution in [0.1, 0.15) is 24.8 Å². The lowest BCUT2D eigenvalue weighted by molar-refractivity contribution is -0.135. The zero-order chi connectivity index (χ0) is 19.6. The molecule has 3 aliphatic heterocycles. The van der Waals surface area contributed by atoms with Gasteiger partial charge in [0.1, 0.15) is 5.75 Å². The average molecular weight is 388 g/mol.